The SMILES string of the molecule is CCN1C(=O)/C(=C/c2ccccc2)SC1=Nc1ccc(O)cc1. The van der Waals surface area contributed by atoms with E-state index in [-0.39, 0.29) is 11.7 Å². The quantitative estimate of drug-likeness (QED) is 0.868. The maximum Gasteiger partial charge on any atom is 0.266 e. The van der Waals surface area contributed by atoms with Crippen molar-refractivity contribution in [1.29, 1.82) is 0 Å². The number of hydrogen-bond donors (Lipinski definition) is 1. The van der Waals surface area contributed by atoms with E-state index in [1.807, 2.05) is 43.3 Å². The zero-order valence-electron chi connectivity index (χ0n) is 12.6. The molecule has 116 valence electrons. The summed E-state index contributed by atoms with van der Waals surface area (Å²) < 4.78 is 0. The molecule has 0 spiro atoms. The van der Waals surface area contributed by atoms with E-state index < -0.39 is 0 Å². The van der Waals surface area contributed by atoms with Crippen molar-refractivity contribution in [2.45, 2.75) is 6.92 Å². The Morgan fingerprint density at radius 2 is 1.83 bits per heavy atom. The first-order chi connectivity index (χ1) is 11.2. The third-order valence-corrected chi connectivity index (χ3v) is 4.38. The van der Waals surface area contributed by atoms with Crippen molar-refractivity contribution >= 4 is 34.6 Å². The van der Waals surface area contributed by atoms with Crippen LogP contribution < -0.4 is 0 Å². The van der Waals surface area contributed by atoms with E-state index in [4.69, 9.17) is 0 Å². The molecule has 1 aliphatic heterocycles. The van der Waals surface area contributed by atoms with E-state index in [1.165, 1.54) is 11.8 Å². The summed E-state index contributed by atoms with van der Waals surface area (Å²) in [6.45, 7) is 2.49. The molecule has 4 nitrogen and oxygen atoms in total. The van der Waals surface area contributed by atoms with Crippen molar-refractivity contribution in [2.24, 2.45) is 4.99 Å². The van der Waals surface area contributed by atoms with Crippen LogP contribution in [0.15, 0.2) is 64.5 Å². The van der Waals surface area contributed by atoms with Crippen molar-refractivity contribution in [3.05, 3.63) is 65.1 Å². The molecule has 0 aromatic heterocycles. The Bertz CT molecular complexity index is 767. The van der Waals surface area contributed by atoms with Crippen LogP contribution in [0.25, 0.3) is 6.08 Å². The summed E-state index contributed by atoms with van der Waals surface area (Å²) in [6, 6.07) is 16.4. The van der Waals surface area contributed by atoms with Gasteiger partial charge in [-0.1, -0.05) is 30.3 Å². The Morgan fingerprint density at radius 1 is 1.13 bits per heavy atom. The molecular formula is C18H16N2O2S. The van der Waals surface area contributed by atoms with Gasteiger partial charge < -0.3 is 5.11 Å². The Hall–Kier alpha value is -2.53. The molecule has 0 radical (unpaired) electrons. The second-order valence-electron chi connectivity index (χ2n) is 4.98. The fraction of sp³-hybridized carbons (Fsp3) is 0.111. The molecule has 1 fully saturated rings. The molecular weight excluding hydrogens is 308 g/mol. The van der Waals surface area contributed by atoms with Gasteiger partial charge in [0.25, 0.3) is 5.91 Å². The van der Waals surface area contributed by atoms with Gasteiger partial charge in [0.2, 0.25) is 0 Å². The van der Waals surface area contributed by atoms with Crippen LogP contribution in [0.1, 0.15) is 12.5 Å². The summed E-state index contributed by atoms with van der Waals surface area (Å²) in [5.74, 6) is 0.167. The van der Waals surface area contributed by atoms with Crippen molar-refractivity contribution in [3.63, 3.8) is 0 Å². The number of likely N-dealkylation sites (N-methyl/N-ethyl adjacent to an activating group) is 1. The highest BCUT2D eigenvalue weighted by Gasteiger charge is 2.32. The summed E-state index contributed by atoms with van der Waals surface area (Å²) in [6.07, 6.45) is 1.88. The smallest absolute Gasteiger partial charge is 0.266 e. The van der Waals surface area contributed by atoms with Crippen LogP contribution in [-0.2, 0) is 4.79 Å². The number of rotatable bonds is 3. The van der Waals surface area contributed by atoms with Crippen LogP contribution in [0.4, 0.5) is 5.69 Å². The molecule has 23 heavy (non-hydrogen) atoms. The number of aromatic hydroxyl groups is 1. The maximum atomic E-state index is 12.5. The second-order valence-corrected chi connectivity index (χ2v) is 5.99. The number of phenols is 1. The number of nitrogens with zero attached hydrogens (tertiary/aromatic N) is 2. The van der Waals surface area contributed by atoms with Gasteiger partial charge in [-0.25, -0.2) is 4.99 Å². The second kappa shape index (κ2) is 6.71. The highest BCUT2D eigenvalue weighted by molar-refractivity contribution is 8.18. The fourth-order valence-electron chi connectivity index (χ4n) is 2.21. The molecule has 1 saturated heterocycles. The predicted octanol–water partition coefficient (Wildman–Crippen LogP) is 4.02. The normalized spacial score (nSPS) is 18.1. The first-order valence-corrected chi connectivity index (χ1v) is 8.13. The first kappa shape index (κ1) is 15.4. The third-order valence-electron chi connectivity index (χ3n) is 3.38. The number of amidine groups is 1. The van der Waals surface area contributed by atoms with Gasteiger partial charge in [-0.3, -0.25) is 9.69 Å². The summed E-state index contributed by atoms with van der Waals surface area (Å²) >= 11 is 1.37. The summed E-state index contributed by atoms with van der Waals surface area (Å²) in [5.41, 5.74) is 1.70. The molecule has 1 aliphatic rings. The molecule has 0 bridgehead atoms. The molecule has 0 atom stereocenters. The summed E-state index contributed by atoms with van der Waals surface area (Å²) in [4.78, 5) is 19.4. The number of hydrogen-bond acceptors (Lipinski definition) is 4. The lowest BCUT2D eigenvalue weighted by molar-refractivity contribution is -0.122. The van der Waals surface area contributed by atoms with Crippen molar-refractivity contribution in [1.82, 2.24) is 4.90 Å². The number of carbonyl (C=O) groups excluding carboxylic acids is 1. The standard InChI is InChI=1S/C18H16N2O2S/c1-2-20-17(22)16(12-13-6-4-3-5-7-13)23-18(20)19-14-8-10-15(21)11-9-14/h3-12,21H,2H2,1H3/b16-12-,19-18?. The summed E-state index contributed by atoms with van der Waals surface area (Å²) in [5, 5.41) is 9.99. The van der Waals surface area contributed by atoms with E-state index in [2.05, 4.69) is 4.99 Å². The molecule has 1 heterocycles. The largest absolute Gasteiger partial charge is 0.508 e. The Labute approximate surface area is 139 Å². The highest BCUT2D eigenvalue weighted by Crippen LogP contribution is 2.34. The predicted molar refractivity (Wildman–Crippen MR) is 94.6 cm³/mol. The van der Waals surface area contributed by atoms with E-state index >= 15 is 0 Å². The average molecular weight is 324 g/mol. The average Bonchev–Trinajstić information content (AvgIpc) is 2.85. The zero-order valence-corrected chi connectivity index (χ0v) is 13.5. The van der Waals surface area contributed by atoms with Gasteiger partial charge >= 0.3 is 0 Å². The van der Waals surface area contributed by atoms with Crippen LogP contribution in [0.5, 0.6) is 5.75 Å². The number of benzene rings is 2. The van der Waals surface area contributed by atoms with Gasteiger partial charge in [0.15, 0.2) is 5.17 Å². The molecule has 2 aromatic rings. The lowest BCUT2D eigenvalue weighted by atomic mass is 10.2. The number of phenolic OH excluding ortho intramolecular Hbond substituents is 1. The molecule has 0 unspecified atom stereocenters. The van der Waals surface area contributed by atoms with E-state index in [0.717, 1.165) is 5.56 Å². The molecule has 1 amide bonds. The lowest BCUT2D eigenvalue weighted by Gasteiger charge is -2.11. The molecule has 1 N–H and O–H groups in total. The lowest BCUT2D eigenvalue weighted by Crippen LogP contribution is -2.28. The Morgan fingerprint density at radius 3 is 2.48 bits per heavy atom. The minimum absolute atomic E-state index is 0.0288. The van der Waals surface area contributed by atoms with Crippen LogP contribution in [-0.4, -0.2) is 27.6 Å². The van der Waals surface area contributed by atoms with Crippen LogP contribution in [0.2, 0.25) is 0 Å². The number of thioether (sulfide) groups is 1. The minimum Gasteiger partial charge on any atom is -0.508 e. The number of amides is 1. The van der Waals surface area contributed by atoms with Crippen LogP contribution in [0, 0.1) is 0 Å². The molecule has 5 heteroatoms. The van der Waals surface area contributed by atoms with Crippen molar-refractivity contribution < 1.29 is 9.90 Å². The highest BCUT2D eigenvalue weighted by atomic mass is 32.2. The molecule has 2 aromatic carbocycles. The molecule has 0 aliphatic carbocycles. The monoisotopic (exact) mass is 324 g/mol. The fourth-order valence-corrected chi connectivity index (χ4v) is 3.27. The van der Waals surface area contributed by atoms with Crippen molar-refractivity contribution in [2.75, 3.05) is 6.54 Å². The number of aliphatic imine (C=N–C) groups is 1. The van der Waals surface area contributed by atoms with Crippen LogP contribution in [0.3, 0.4) is 0 Å². The summed E-state index contributed by atoms with van der Waals surface area (Å²) in [7, 11) is 0. The topological polar surface area (TPSA) is 52.9 Å². The van der Waals surface area contributed by atoms with Gasteiger partial charge in [-0.05, 0) is 54.6 Å². The van der Waals surface area contributed by atoms with E-state index in [0.29, 0.717) is 22.3 Å². The first-order valence-electron chi connectivity index (χ1n) is 7.31. The number of carbonyl (C=O) groups is 1. The molecule has 3 rings (SSSR count). The minimum atomic E-state index is -0.0288. The Kier molecular flexibility index (Phi) is 4.48. The van der Waals surface area contributed by atoms with Gasteiger partial charge in [0.1, 0.15) is 5.75 Å². The van der Waals surface area contributed by atoms with Crippen LogP contribution >= 0.6 is 11.8 Å². The van der Waals surface area contributed by atoms with Crippen molar-refractivity contribution in [3.8, 4) is 5.75 Å². The van der Waals surface area contributed by atoms with E-state index in [9.17, 15) is 9.90 Å². The Balaban J connectivity index is 1.91. The van der Waals surface area contributed by atoms with Gasteiger partial charge in [-0.15, -0.1) is 0 Å². The third kappa shape index (κ3) is 3.46. The maximum absolute atomic E-state index is 12.5. The van der Waals surface area contributed by atoms with Gasteiger partial charge in [-0.2, -0.15) is 0 Å². The zero-order chi connectivity index (χ0) is 16.2. The molecule has 0 saturated carbocycles. The van der Waals surface area contributed by atoms with Gasteiger partial charge in [0, 0.05) is 6.54 Å². The van der Waals surface area contributed by atoms with Gasteiger partial charge in [0.05, 0.1) is 10.6 Å². The van der Waals surface area contributed by atoms with E-state index in [1.54, 1.807) is 29.2 Å².